The largest absolute Gasteiger partial charge is 0.491 e. The minimum atomic E-state index is -0.268. The lowest BCUT2D eigenvalue weighted by Crippen LogP contribution is -2.12. The first kappa shape index (κ1) is 17.6. The van der Waals surface area contributed by atoms with Crippen molar-refractivity contribution in [1.29, 1.82) is 0 Å². The van der Waals surface area contributed by atoms with Crippen LogP contribution in [0.25, 0.3) is 0 Å². The van der Waals surface area contributed by atoms with Crippen LogP contribution in [0.5, 0.6) is 5.75 Å². The van der Waals surface area contributed by atoms with Gasteiger partial charge in [0.15, 0.2) is 0 Å². The Kier molecular flexibility index (Phi) is 6.71. The van der Waals surface area contributed by atoms with Gasteiger partial charge >= 0.3 is 0 Å². The average Bonchev–Trinajstić information content (AvgIpc) is 2.55. The van der Waals surface area contributed by atoms with E-state index in [1.807, 2.05) is 6.92 Å². The highest BCUT2D eigenvalue weighted by atomic mass is 35.5. The monoisotopic (exact) mass is 353 g/mol. The smallest absolute Gasteiger partial charge is 0.255 e. The van der Waals surface area contributed by atoms with Gasteiger partial charge in [-0.3, -0.25) is 4.79 Å². The van der Waals surface area contributed by atoms with Crippen LogP contribution in [0.3, 0.4) is 0 Å². The molecule has 0 spiro atoms. The van der Waals surface area contributed by atoms with Crippen LogP contribution in [0.15, 0.2) is 42.5 Å². The highest BCUT2D eigenvalue weighted by Gasteiger charge is 2.09. The molecular weight excluding hydrogens is 337 g/mol. The summed E-state index contributed by atoms with van der Waals surface area (Å²) in [4.78, 5) is 12.2. The molecule has 0 atom stereocenters. The van der Waals surface area contributed by atoms with Crippen molar-refractivity contribution in [2.75, 3.05) is 25.1 Å². The van der Waals surface area contributed by atoms with E-state index in [0.29, 0.717) is 46.9 Å². The van der Waals surface area contributed by atoms with Crippen LogP contribution >= 0.6 is 23.2 Å². The number of hydrogen-bond donors (Lipinski definition) is 1. The molecule has 0 saturated heterocycles. The molecule has 1 N–H and O–H groups in total. The van der Waals surface area contributed by atoms with E-state index in [2.05, 4.69) is 5.32 Å². The second kappa shape index (κ2) is 8.77. The van der Waals surface area contributed by atoms with Gasteiger partial charge < -0.3 is 14.8 Å². The molecule has 0 saturated carbocycles. The number of ether oxygens (including phenoxy) is 2. The quantitative estimate of drug-likeness (QED) is 0.736. The molecule has 0 aliphatic heterocycles. The zero-order valence-electron chi connectivity index (χ0n) is 12.6. The van der Waals surface area contributed by atoms with Crippen molar-refractivity contribution < 1.29 is 14.3 Å². The number of carbonyl (C=O) groups is 1. The zero-order chi connectivity index (χ0) is 16.7. The SMILES string of the molecule is CCOCCOc1ccc(C(=O)Nc2cc(Cl)ccc2Cl)cc1. The fourth-order valence-electron chi connectivity index (χ4n) is 1.85. The Morgan fingerprint density at radius 3 is 2.52 bits per heavy atom. The van der Waals surface area contributed by atoms with Crippen molar-refractivity contribution in [2.24, 2.45) is 0 Å². The molecule has 2 aromatic rings. The second-order valence-corrected chi connectivity index (χ2v) is 5.49. The Labute approximate surface area is 145 Å². The minimum Gasteiger partial charge on any atom is -0.491 e. The Morgan fingerprint density at radius 2 is 1.83 bits per heavy atom. The maximum absolute atomic E-state index is 12.2. The van der Waals surface area contributed by atoms with Gasteiger partial charge in [0, 0.05) is 17.2 Å². The molecule has 0 fully saturated rings. The number of amides is 1. The zero-order valence-corrected chi connectivity index (χ0v) is 14.2. The molecule has 0 radical (unpaired) electrons. The number of carbonyl (C=O) groups excluding carboxylic acids is 1. The summed E-state index contributed by atoms with van der Waals surface area (Å²) >= 11 is 11.9. The molecule has 2 aromatic carbocycles. The van der Waals surface area contributed by atoms with Crippen LogP contribution in [0.4, 0.5) is 5.69 Å². The first-order chi connectivity index (χ1) is 11.1. The van der Waals surface area contributed by atoms with Crippen LogP contribution in [-0.4, -0.2) is 25.7 Å². The molecular formula is C17H17Cl2NO3. The molecule has 0 aromatic heterocycles. The highest BCUT2D eigenvalue weighted by Crippen LogP contribution is 2.26. The number of rotatable bonds is 7. The summed E-state index contributed by atoms with van der Waals surface area (Å²) in [6.07, 6.45) is 0. The van der Waals surface area contributed by atoms with E-state index < -0.39 is 0 Å². The van der Waals surface area contributed by atoms with Crippen molar-refractivity contribution in [3.8, 4) is 5.75 Å². The summed E-state index contributed by atoms with van der Waals surface area (Å²) in [5.74, 6) is 0.414. The maximum Gasteiger partial charge on any atom is 0.255 e. The second-order valence-electron chi connectivity index (χ2n) is 4.65. The van der Waals surface area contributed by atoms with Gasteiger partial charge in [-0.15, -0.1) is 0 Å². The molecule has 23 heavy (non-hydrogen) atoms. The van der Waals surface area contributed by atoms with E-state index in [9.17, 15) is 4.79 Å². The van der Waals surface area contributed by atoms with E-state index >= 15 is 0 Å². The number of anilines is 1. The number of halogens is 2. The molecule has 0 aliphatic carbocycles. The predicted molar refractivity (Wildman–Crippen MR) is 92.8 cm³/mol. The normalized spacial score (nSPS) is 10.4. The molecule has 0 heterocycles. The van der Waals surface area contributed by atoms with Crippen LogP contribution in [0.1, 0.15) is 17.3 Å². The van der Waals surface area contributed by atoms with Crippen molar-refractivity contribution in [3.05, 3.63) is 58.1 Å². The fraction of sp³-hybridized carbons (Fsp3) is 0.235. The number of benzene rings is 2. The molecule has 1 amide bonds. The van der Waals surface area contributed by atoms with Crippen molar-refractivity contribution in [2.45, 2.75) is 6.92 Å². The standard InChI is InChI=1S/C17H17Cl2NO3/c1-2-22-9-10-23-14-6-3-12(4-7-14)17(21)20-16-11-13(18)5-8-15(16)19/h3-8,11H,2,9-10H2,1H3,(H,20,21). The van der Waals surface area contributed by atoms with E-state index in [0.717, 1.165) is 0 Å². The first-order valence-electron chi connectivity index (χ1n) is 7.17. The molecule has 6 heteroatoms. The Balaban J connectivity index is 1.96. The summed E-state index contributed by atoms with van der Waals surface area (Å²) in [6.45, 7) is 3.59. The third-order valence-corrected chi connectivity index (χ3v) is 3.56. The van der Waals surface area contributed by atoms with Crippen LogP contribution < -0.4 is 10.1 Å². The summed E-state index contributed by atoms with van der Waals surface area (Å²) in [6, 6.07) is 11.7. The van der Waals surface area contributed by atoms with Gasteiger partial charge in [-0.05, 0) is 49.4 Å². The Morgan fingerprint density at radius 1 is 1.09 bits per heavy atom. The van der Waals surface area contributed by atoms with E-state index in [1.54, 1.807) is 42.5 Å². The summed E-state index contributed by atoms with van der Waals surface area (Å²) < 4.78 is 10.7. The molecule has 0 unspecified atom stereocenters. The van der Waals surface area contributed by atoms with Gasteiger partial charge in [0.1, 0.15) is 12.4 Å². The third kappa shape index (κ3) is 5.43. The first-order valence-corrected chi connectivity index (χ1v) is 7.92. The highest BCUT2D eigenvalue weighted by molar-refractivity contribution is 6.35. The van der Waals surface area contributed by atoms with E-state index in [-0.39, 0.29) is 5.91 Å². The topological polar surface area (TPSA) is 47.6 Å². The lowest BCUT2D eigenvalue weighted by molar-refractivity contribution is 0.102. The fourth-order valence-corrected chi connectivity index (χ4v) is 2.19. The Bertz CT molecular complexity index is 659. The van der Waals surface area contributed by atoms with Gasteiger partial charge in [-0.1, -0.05) is 23.2 Å². The molecule has 2 rings (SSSR count). The van der Waals surface area contributed by atoms with E-state index in [1.165, 1.54) is 0 Å². The lowest BCUT2D eigenvalue weighted by atomic mass is 10.2. The Hall–Kier alpha value is -1.75. The van der Waals surface area contributed by atoms with Gasteiger partial charge in [-0.2, -0.15) is 0 Å². The van der Waals surface area contributed by atoms with Gasteiger partial charge in [0.05, 0.1) is 17.3 Å². The average molecular weight is 354 g/mol. The predicted octanol–water partition coefficient (Wildman–Crippen LogP) is 4.66. The van der Waals surface area contributed by atoms with Crippen molar-refractivity contribution in [1.82, 2.24) is 0 Å². The van der Waals surface area contributed by atoms with E-state index in [4.69, 9.17) is 32.7 Å². The van der Waals surface area contributed by atoms with Crippen LogP contribution in [0.2, 0.25) is 10.0 Å². The number of nitrogens with one attached hydrogen (secondary N) is 1. The molecule has 0 bridgehead atoms. The number of hydrogen-bond acceptors (Lipinski definition) is 3. The van der Waals surface area contributed by atoms with Gasteiger partial charge in [0.25, 0.3) is 5.91 Å². The summed E-state index contributed by atoms with van der Waals surface area (Å²) in [5, 5.41) is 3.66. The maximum atomic E-state index is 12.2. The molecule has 122 valence electrons. The summed E-state index contributed by atoms with van der Waals surface area (Å²) in [5.41, 5.74) is 0.972. The van der Waals surface area contributed by atoms with Crippen molar-refractivity contribution >= 4 is 34.8 Å². The minimum absolute atomic E-state index is 0.268. The van der Waals surface area contributed by atoms with Gasteiger partial charge in [0.2, 0.25) is 0 Å². The molecule has 0 aliphatic rings. The van der Waals surface area contributed by atoms with Crippen LogP contribution in [0, 0.1) is 0 Å². The summed E-state index contributed by atoms with van der Waals surface area (Å²) in [7, 11) is 0. The third-order valence-electron chi connectivity index (χ3n) is 2.99. The molecule has 4 nitrogen and oxygen atoms in total. The van der Waals surface area contributed by atoms with Crippen molar-refractivity contribution in [3.63, 3.8) is 0 Å². The lowest BCUT2D eigenvalue weighted by Gasteiger charge is -2.09. The van der Waals surface area contributed by atoms with Gasteiger partial charge in [-0.25, -0.2) is 0 Å². The van der Waals surface area contributed by atoms with Crippen LogP contribution in [-0.2, 0) is 4.74 Å².